The maximum atomic E-state index is 12.1. The van der Waals surface area contributed by atoms with Crippen molar-refractivity contribution in [2.24, 2.45) is 10.2 Å². The summed E-state index contributed by atoms with van der Waals surface area (Å²) in [4.78, 5) is 25.4. The van der Waals surface area contributed by atoms with Gasteiger partial charge in [-0.1, -0.05) is 30.0 Å². The minimum atomic E-state index is -0.438. The molecule has 1 fully saturated rings. The molecule has 0 N–H and O–H groups in total. The Morgan fingerprint density at radius 3 is 2.88 bits per heavy atom. The molecular formula is C18H17N3O4S. The van der Waals surface area contributed by atoms with Crippen LogP contribution in [0.1, 0.15) is 28.8 Å². The van der Waals surface area contributed by atoms with Crippen LogP contribution in [0.25, 0.3) is 0 Å². The quantitative estimate of drug-likeness (QED) is 0.458. The van der Waals surface area contributed by atoms with Crippen molar-refractivity contribution in [2.45, 2.75) is 13.8 Å². The van der Waals surface area contributed by atoms with Crippen LogP contribution in [0.5, 0.6) is 0 Å². The molecule has 0 bridgehead atoms. The van der Waals surface area contributed by atoms with E-state index < -0.39 is 5.97 Å². The van der Waals surface area contributed by atoms with Crippen molar-refractivity contribution in [3.05, 3.63) is 53.5 Å². The second kappa shape index (κ2) is 8.01. The first-order chi connectivity index (χ1) is 12.6. The summed E-state index contributed by atoms with van der Waals surface area (Å²) in [5.74, 6) is 0.667. The predicted octanol–water partition coefficient (Wildman–Crippen LogP) is 3.23. The number of hydrogen-bond acceptors (Lipinski definition) is 7. The molecule has 0 unspecified atom stereocenters. The third-order valence-electron chi connectivity index (χ3n) is 3.54. The molecule has 0 spiro atoms. The second-order valence-electron chi connectivity index (χ2n) is 5.32. The average Bonchev–Trinajstić information content (AvgIpc) is 3.19. The molecule has 0 atom stereocenters. The van der Waals surface area contributed by atoms with Gasteiger partial charge in [0.05, 0.1) is 24.3 Å². The number of anilines is 1. The van der Waals surface area contributed by atoms with Crippen molar-refractivity contribution < 1.29 is 18.7 Å². The first-order valence-corrected chi connectivity index (χ1v) is 8.98. The number of aryl methyl sites for hydroxylation is 1. The fraction of sp³-hybridized carbons (Fsp3) is 0.222. The molecule has 1 aromatic heterocycles. The lowest BCUT2D eigenvalue weighted by atomic mass is 10.2. The molecule has 0 aliphatic carbocycles. The van der Waals surface area contributed by atoms with Crippen molar-refractivity contribution in [3.8, 4) is 0 Å². The van der Waals surface area contributed by atoms with Gasteiger partial charge < -0.3 is 9.15 Å². The minimum Gasteiger partial charge on any atom is -0.462 e. The summed E-state index contributed by atoms with van der Waals surface area (Å²) in [6.45, 7) is 3.71. The van der Waals surface area contributed by atoms with Crippen LogP contribution in [-0.2, 0) is 9.53 Å². The van der Waals surface area contributed by atoms with E-state index in [4.69, 9.17) is 9.15 Å². The zero-order chi connectivity index (χ0) is 18.5. The van der Waals surface area contributed by atoms with Crippen LogP contribution in [0.3, 0.4) is 0 Å². The number of hydrogen-bond donors (Lipinski definition) is 0. The number of amidine groups is 1. The largest absolute Gasteiger partial charge is 0.462 e. The molecule has 0 saturated carbocycles. The highest BCUT2D eigenvalue weighted by molar-refractivity contribution is 8.15. The van der Waals surface area contributed by atoms with E-state index in [1.165, 1.54) is 22.9 Å². The normalized spacial score (nSPS) is 16.0. The van der Waals surface area contributed by atoms with Gasteiger partial charge in [-0.05, 0) is 26.0 Å². The van der Waals surface area contributed by atoms with Crippen molar-refractivity contribution in [1.82, 2.24) is 0 Å². The Kier molecular flexibility index (Phi) is 5.52. The van der Waals surface area contributed by atoms with E-state index in [2.05, 4.69) is 10.2 Å². The summed E-state index contributed by atoms with van der Waals surface area (Å²) >= 11 is 1.32. The summed E-state index contributed by atoms with van der Waals surface area (Å²) in [6.07, 6.45) is 1.40. The van der Waals surface area contributed by atoms with Crippen LogP contribution in [0, 0.1) is 6.92 Å². The van der Waals surface area contributed by atoms with Crippen LogP contribution < -0.4 is 4.90 Å². The Bertz CT molecular complexity index is 874. The molecule has 7 nitrogen and oxygen atoms in total. The van der Waals surface area contributed by atoms with Crippen LogP contribution in [0.2, 0.25) is 0 Å². The highest BCUT2D eigenvalue weighted by atomic mass is 32.2. The molecule has 1 aromatic carbocycles. The summed E-state index contributed by atoms with van der Waals surface area (Å²) in [5.41, 5.74) is 1.10. The maximum absolute atomic E-state index is 12.1. The van der Waals surface area contributed by atoms with Crippen LogP contribution in [-0.4, -0.2) is 35.6 Å². The van der Waals surface area contributed by atoms with E-state index in [0.29, 0.717) is 34.6 Å². The molecule has 26 heavy (non-hydrogen) atoms. The first-order valence-electron chi connectivity index (χ1n) is 7.99. The van der Waals surface area contributed by atoms with Gasteiger partial charge in [0.25, 0.3) is 0 Å². The molecule has 1 saturated heterocycles. The summed E-state index contributed by atoms with van der Waals surface area (Å²) in [7, 11) is 0. The van der Waals surface area contributed by atoms with Gasteiger partial charge >= 0.3 is 5.97 Å². The van der Waals surface area contributed by atoms with Crippen molar-refractivity contribution in [1.29, 1.82) is 0 Å². The van der Waals surface area contributed by atoms with E-state index in [0.717, 1.165) is 5.69 Å². The van der Waals surface area contributed by atoms with Gasteiger partial charge in [-0.3, -0.25) is 9.69 Å². The number of nitrogens with zero attached hydrogens (tertiary/aromatic N) is 3. The minimum absolute atomic E-state index is 0.0476. The maximum Gasteiger partial charge on any atom is 0.341 e. The molecule has 1 aliphatic heterocycles. The number of para-hydroxylation sites is 1. The lowest BCUT2D eigenvalue weighted by Crippen LogP contribution is -2.28. The molecule has 3 rings (SSSR count). The van der Waals surface area contributed by atoms with E-state index in [-0.39, 0.29) is 5.91 Å². The molecular weight excluding hydrogens is 354 g/mol. The average molecular weight is 371 g/mol. The number of rotatable bonds is 5. The fourth-order valence-corrected chi connectivity index (χ4v) is 3.21. The summed E-state index contributed by atoms with van der Waals surface area (Å²) in [6, 6.07) is 10.8. The monoisotopic (exact) mass is 371 g/mol. The SMILES string of the molecule is CCOC(=O)c1cc(/C=N/N=C2/SCC(=O)N2c2ccccc2)oc1C. The van der Waals surface area contributed by atoms with Crippen LogP contribution in [0.4, 0.5) is 5.69 Å². The highest BCUT2D eigenvalue weighted by Gasteiger charge is 2.29. The Balaban J connectivity index is 1.78. The first kappa shape index (κ1) is 17.9. The Morgan fingerprint density at radius 2 is 2.15 bits per heavy atom. The van der Waals surface area contributed by atoms with Crippen molar-refractivity contribution in [2.75, 3.05) is 17.3 Å². The molecule has 2 heterocycles. The highest BCUT2D eigenvalue weighted by Crippen LogP contribution is 2.26. The van der Waals surface area contributed by atoms with Gasteiger partial charge in [0.1, 0.15) is 17.1 Å². The third kappa shape index (κ3) is 3.85. The number of esters is 1. The number of ether oxygens (including phenoxy) is 1. The van der Waals surface area contributed by atoms with Gasteiger partial charge in [0, 0.05) is 6.07 Å². The summed E-state index contributed by atoms with van der Waals surface area (Å²) in [5, 5.41) is 8.61. The third-order valence-corrected chi connectivity index (χ3v) is 4.45. The molecule has 8 heteroatoms. The summed E-state index contributed by atoms with van der Waals surface area (Å²) < 4.78 is 10.4. The Labute approximate surface area is 154 Å². The standard InChI is InChI=1S/C18H17N3O4S/c1-3-24-17(23)15-9-14(25-12(15)2)10-19-20-18-21(16(22)11-26-18)13-7-5-4-6-8-13/h4-10H,3,11H2,1-2H3/b19-10+,20-18+. The smallest absolute Gasteiger partial charge is 0.341 e. The van der Waals surface area contributed by atoms with E-state index >= 15 is 0 Å². The number of amides is 1. The van der Waals surface area contributed by atoms with E-state index in [9.17, 15) is 9.59 Å². The number of carbonyl (C=O) groups excluding carboxylic acids is 2. The Hall–Kier alpha value is -2.87. The van der Waals surface area contributed by atoms with Crippen molar-refractivity contribution >= 4 is 40.7 Å². The zero-order valence-electron chi connectivity index (χ0n) is 14.3. The van der Waals surface area contributed by atoms with E-state index in [1.54, 1.807) is 19.9 Å². The zero-order valence-corrected chi connectivity index (χ0v) is 15.2. The number of carbonyl (C=O) groups is 2. The molecule has 1 aliphatic rings. The van der Waals surface area contributed by atoms with Crippen molar-refractivity contribution in [3.63, 3.8) is 0 Å². The predicted molar refractivity (Wildman–Crippen MR) is 101 cm³/mol. The lowest BCUT2D eigenvalue weighted by molar-refractivity contribution is -0.115. The fourth-order valence-electron chi connectivity index (χ4n) is 2.38. The Morgan fingerprint density at radius 1 is 1.38 bits per heavy atom. The molecule has 134 valence electrons. The lowest BCUT2D eigenvalue weighted by Gasteiger charge is -2.14. The van der Waals surface area contributed by atoms with Gasteiger partial charge in [-0.2, -0.15) is 5.10 Å². The van der Waals surface area contributed by atoms with Crippen LogP contribution in [0.15, 0.2) is 51.0 Å². The van der Waals surface area contributed by atoms with Gasteiger partial charge in [0.2, 0.25) is 5.91 Å². The van der Waals surface area contributed by atoms with E-state index in [1.807, 2.05) is 30.3 Å². The second-order valence-corrected chi connectivity index (χ2v) is 6.26. The van der Waals surface area contributed by atoms with Crippen LogP contribution >= 0.6 is 11.8 Å². The van der Waals surface area contributed by atoms with Gasteiger partial charge in [0.15, 0.2) is 5.17 Å². The number of furan rings is 1. The molecule has 1 amide bonds. The van der Waals surface area contributed by atoms with Gasteiger partial charge in [-0.25, -0.2) is 4.79 Å². The number of benzene rings is 1. The molecule has 2 aromatic rings. The number of thioether (sulfide) groups is 1. The topological polar surface area (TPSA) is 84.5 Å². The van der Waals surface area contributed by atoms with Gasteiger partial charge in [-0.15, -0.1) is 5.10 Å². The molecule has 0 radical (unpaired) electrons.